The number of ether oxygens (including phenoxy) is 4. The molecule has 0 aromatic heterocycles. The zero-order chi connectivity index (χ0) is 15.0. The van der Waals surface area contributed by atoms with E-state index in [0.717, 1.165) is 0 Å². The molecule has 1 atom stereocenters. The molecule has 1 aromatic rings. The summed E-state index contributed by atoms with van der Waals surface area (Å²) in [6.45, 7) is 4.78. The van der Waals surface area contributed by atoms with E-state index in [2.05, 4.69) is 20.7 Å². The summed E-state index contributed by atoms with van der Waals surface area (Å²) in [4.78, 5) is 11.5. The van der Waals surface area contributed by atoms with Gasteiger partial charge in [0, 0.05) is 13.2 Å². The van der Waals surface area contributed by atoms with Gasteiger partial charge in [-0.2, -0.15) is 0 Å². The molecular formula is C14H19BrO5. The van der Waals surface area contributed by atoms with Gasteiger partial charge in [-0.15, -0.1) is 0 Å². The summed E-state index contributed by atoms with van der Waals surface area (Å²) in [5, 5.41) is -0.477. The van der Waals surface area contributed by atoms with E-state index in [0.29, 0.717) is 24.5 Å². The van der Waals surface area contributed by atoms with Crippen LogP contribution in [0.25, 0.3) is 0 Å². The number of carbonyl (C=O) groups excluding carboxylic acids is 1. The van der Waals surface area contributed by atoms with Gasteiger partial charge in [-0.3, -0.25) is 0 Å². The van der Waals surface area contributed by atoms with Crippen molar-refractivity contribution in [2.24, 2.45) is 0 Å². The van der Waals surface area contributed by atoms with E-state index in [-0.39, 0.29) is 0 Å². The van der Waals surface area contributed by atoms with Crippen molar-refractivity contribution >= 4 is 21.9 Å². The second kappa shape index (κ2) is 8.94. The number of carbonyl (C=O) groups is 1. The Morgan fingerprint density at radius 2 is 1.90 bits per heavy atom. The molecule has 0 N–H and O–H groups in total. The van der Waals surface area contributed by atoms with Gasteiger partial charge < -0.3 is 18.9 Å². The van der Waals surface area contributed by atoms with E-state index in [9.17, 15) is 4.79 Å². The minimum atomic E-state index is -0.521. The molecule has 0 aliphatic heterocycles. The number of esters is 1. The lowest BCUT2D eigenvalue weighted by Crippen LogP contribution is -2.32. The molecule has 6 heteroatoms. The minimum Gasteiger partial charge on any atom is -0.474 e. The van der Waals surface area contributed by atoms with Crippen molar-refractivity contribution in [2.75, 3.05) is 20.3 Å². The Morgan fingerprint density at radius 1 is 1.25 bits per heavy atom. The van der Waals surface area contributed by atoms with Gasteiger partial charge in [0.2, 0.25) is 11.3 Å². The number of methoxy groups -OCH3 is 1. The van der Waals surface area contributed by atoms with Gasteiger partial charge in [0.15, 0.2) is 0 Å². The molecule has 0 radical (unpaired) electrons. The van der Waals surface area contributed by atoms with E-state index < -0.39 is 17.3 Å². The van der Waals surface area contributed by atoms with Crippen molar-refractivity contribution in [2.45, 2.75) is 25.2 Å². The standard InChI is InChI=1S/C14H19BrO5/c1-4-18-14(19-5-2)12(15)20-11-8-6-7-10(9-11)13(16)17-3/h6-9,12,14H,4-5H2,1-3H3. The Balaban J connectivity index is 2.73. The summed E-state index contributed by atoms with van der Waals surface area (Å²) < 4.78 is 21.2. The molecular weight excluding hydrogens is 328 g/mol. The summed E-state index contributed by atoms with van der Waals surface area (Å²) in [6, 6.07) is 6.73. The van der Waals surface area contributed by atoms with Crippen LogP contribution in [-0.4, -0.2) is 37.6 Å². The van der Waals surface area contributed by atoms with Crippen LogP contribution in [-0.2, 0) is 14.2 Å². The molecule has 0 fully saturated rings. The van der Waals surface area contributed by atoms with Crippen LogP contribution in [0.15, 0.2) is 24.3 Å². The van der Waals surface area contributed by atoms with E-state index in [4.69, 9.17) is 14.2 Å². The van der Waals surface area contributed by atoms with Crippen molar-refractivity contribution in [3.63, 3.8) is 0 Å². The highest BCUT2D eigenvalue weighted by molar-refractivity contribution is 9.09. The molecule has 0 spiro atoms. The lowest BCUT2D eigenvalue weighted by atomic mass is 10.2. The van der Waals surface area contributed by atoms with Crippen LogP contribution < -0.4 is 4.74 Å². The van der Waals surface area contributed by atoms with Crippen LogP contribution in [0.5, 0.6) is 5.75 Å². The monoisotopic (exact) mass is 346 g/mol. The molecule has 0 saturated carbocycles. The fourth-order valence-electron chi connectivity index (χ4n) is 1.53. The molecule has 0 amide bonds. The molecule has 0 aliphatic rings. The first-order chi connectivity index (χ1) is 9.62. The first kappa shape index (κ1) is 16.9. The van der Waals surface area contributed by atoms with Crippen LogP contribution in [0.1, 0.15) is 24.2 Å². The summed E-state index contributed by atoms with van der Waals surface area (Å²) in [5.41, 5.74) is 0.425. The Bertz CT molecular complexity index is 418. The smallest absolute Gasteiger partial charge is 0.337 e. The number of rotatable bonds is 8. The Kier molecular flexibility index (Phi) is 7.58. The molecule has 5 nitrogen and oxygen atoms in total. The molecule has 20 heavy (non-hydrogen) atoms. The maximum absolute atomic E-state index is 11.5. The van der Waals surface area contributed by atoms with Crippen LogP contribution in [0.4, 0.5) is 0 Å². The van der Waals surface area contributed by atoms with Gasteiger partial charge in [0.1, 0.15) is 5.75 Å². The Hall–Kier alpha value is -1.11. The van der Waals surface area contributed by atoms with Gasteiger partial charge in [-0.25, -0.2) is 4.79 Å². The van der Waals surface area contributed by atoms with Crippen molar-refractivity contribution in [1.29, 1.82) is 0 Å². The van der Waals surface area contributed by atoms with E-state index >= 15 is 0 Å². The highest BCUT2D eigenvalue weighted by Gasteiger charge is 2.21. The highest BCUT2D eigenvalue weighted by Crippen LogP contribution is 2.20. The summed E-state index contributed by atoms with van der Waals surface area (Å²) in [5.74, 6) is 0.118. The van der Waals surface area contributed by atoms with Crippen LogP contribution >= 0.6 is 15.9 Å². The third-order valence-corrected chi connectivity index (χ3v) is 3.00. The van der Waals surface area contributed by atoms with Gasteiger partial charge in [-0.05, 0) is 48.0 Å². The molecule has 112 valence electrons. The SMILES string of the molecule is CCOC(OCC)C(Br)Oc1cccc(C(=O)OC)c1. The minimum absolute atomic E-state index is 0.410. The number of halogens is 1. The third kappa shape index (κ3) is 5.11. The average Bonchev–Trinajstić information content (AvgIpc) is 2.46. The van der Waals surface area contributed by atoms with Gasteiger partial charge in [-0.1, -0.05) is 6.07 Å². The number of benzene rings is 1. The van der Waals surface area contributed by atoms with Crippen molar-refractivity contribution in [1.82, 2.24) is 0 Å². The number of hydrogen-bond acceptors (Lipinski definition) is 5. The van der Waals surface area contributed by atoms with Crippen LogP contribution in [0, 0.1) is 0 Å². The average molecular weight is 347 g/mol. The molecule has 0 saturated heterocycles. The summed E-state index contributed by atoms with van der Waals surface area (Å²) in [6.07, 6.45) is -0.521. The van der Waals surface area contributed by atoms with Gasteiger partial charge >= 0.3 is 5.97 Å². The molecule has 0 bridgehead atoms. The maximum atomic E-state index is 11.5. The van der Waals surface area contributed by atoms with Gasteiger partial charge in [0.05, 0.1) is 12.7 Å². The first-order valence-corrected chi connectivity index (χ1v) is 7.26. The van der Waals surface area contributed by atoms with Crippen molar-refractivity contribution in [3.8, 4) is 5.75 Å². The normalized spacial score (nSPS) is 12.2. The second-order valence-electron chi connectivity index (χ2n) is 3.77. The van der Waals surface area contributed by atoms with Crippen molar-refractivity contribution < 1.29 is 23.7 Å². The zero-order valence-electron chi connectivity index (χ0n) is 11.8. The lowest BCUT2D eigenvalue weighted by molar-refractivity contribution is -0.159. The predicted molar refractivity (Wildman–Crippen MR) is 78.2 cm³/mol. The Morgan fingerprint density at radius 3 is 2.45 bits per heavy atom. The number of hydrogen-bond donors (Lipinski definition) is 0. The fraction of sp³-hybridized carbons (Fsp3) is 0.500. The second-order valence-corrected chi connectivity index (χ2v) is 4.67. The van der Waals surface area contributed by atoms with Crippen LogP contribution in [0.3, 0.4) is 0 Å². The van der Waals surface area contributed by atoms with Crippen molar-refractivity contribution in [3.05, 3.63) is 29.8 Å². The molecule has 1 aromatic carbocycles. The summed E-state index contributed by atoms with van der Waals surface area (Å²) >= 11 is 3.37. The molecule has 0 heterocycles. The predicted octanol–water partition coefficient (Wildman–Crippen LogP) is 2.97. The van der Waals surface area contributed by atoms with E-state index in [1.165, 1.54) is 7.11 Å². The lowest BCUT2D eigenvalue weighted by Gasteiger charge is -2.23. The fourth-order valence-corrected chi connectivity index (χ4v) is 2.05. The van der Waals surface area contributed by atoms with E-state index in [1.54, 1.807) is 24.3 Å². The third-order valence-electron chi connectivity index (χ3n) is 2.38. The van der Waals surface area contributed by atoms with Gasteiger partial charge in [0.25, 0.3) is 0 Å². The zero-order valence-corrected chi connectivity index (χ0v) is 13.4. The molecule has 0 aliphatic carbocycles. The Labute approximate surface area is 127 Å². The molecule has 1 unspecified atom stereocenters. The van der Waals surface area contributed by atoms with Crippen LogP contribution in [0.2, 0.25) is 0 Å². The quantitative estimate of drug-likeness (QED) is 0.411. The largest absolute Gasteiger partial charge is 0.474 e. The highest BCUT2D eigenvalue weighted by atomic mass is 79.9. The topological polar surface area (TPSA) is 54.0 Å². The number of alkyl halides is 1. The first-order valence-electron chi connectivity index (χ1n) is 6.34. The summed E-state index contributed by atoms with van der Waals surface area (Å²) in [7, 11) is 1.34. The van der Waals surface area contributed by atoms with E-state index in [1.807, 2.05) is 13.8 Å². The molecule has 1 rings (SSSR count). The maximum Gasteiger partial charge on any atom is 0.337 e.